The highest BCUT2D eigenvalue weighted by Crippen LogP contribution is 2.29. The lowest BCUT2D eigenvalue weighted by Crippen LogP contribution is -2.29. The second-order valence-corrected chi connectivity index (χ2v) is 4.75. The van der Waals surface area contributed by atoms with Crippen molar-refractivity contribution < 1.29 is 10.0 Å². The normalized spacial score (nSPS) is 11.3. The molecular formula is C14H14BNO2. The van der Waals surface area contributed by atoms with Crippen LogP contribution in [0.4, 0.5) is 0 Å². The van der Waals surface area contributed by atoms with Crippen LogP contribution in [0, 0.1) is 13.8 Å². The summed E-state index contributed by atoms with van der Waals surface area (Å²) in [6.07, 6.45) is 0. The Balaban J connectivity index is 2.47. The van der Waals surface area contributed by atoms with E-state index in [1.807, 2.05) is 12.1 Å². The molecule has 0 fully saturated rings. The molecule has 4 heteroatoms. The third-order valence-electron chi connectivity index (χ3n) is 3.49. The number of benzene rings is 2. The molecule has 3 N–H and O–H groups in total. The van der Waals surface area contributed by atoms with Crippen molar-refractivity contribution in [2.24, 2.45) is 0 Å². The first-order valence-electron chi connectivity index (χ1n) is 5.95. The number of aryl methyl sites for hydroxylation is 2. The van der Waals surface area contributed by atoms with E-state index in [4.69, 9.17) is 0 Å². The second kappa shape index (κ2) is 3.87. The van der Waals surface area contributed by atoms with E-state index in [0.717, 1.165) is 21.8 Å². The van der Waals surface area contributed by atoms with Gasteiger partial charge in [-0.2, -0.15) is 0 Å². The van der Waals surface area contributed by atoms with Crippen LogP contribution in [0.2, 0.25) is 0 Å². The summed E-state index contributed by atoms with van der Waals surface area (Å²) in [7, 11) is -1.43. The first-order chi connectivity index (χ1) is 8.58. The molecule has 0 radical (unpaired) electrons. The Morgan fingerprint density at radius 1 is 1.00 bits per heavy atom. The third kappa shape index (κ3) is 1.54. The number of aromatic amines is 1. The van der Waals surface area contributed by atoms with Crippen molar-refractivity contribution in [2.75, 3.05) is 0 Å². The lowest BCUT2D eigenvalue weighted by Gasteiger charge is -2.01. The molecule has 90 valence electrons. The van der Waals surface area contributed by atoms with E-state index in [9.17, 15) is 10.0 Å². The molecule has 0 bridgehead atoms. The molecule has 1 aromatic heterocycles. The maximum absolute atomic E-state index is 9.26. The zero-order chi connectivity index (χ0) is 12.9. The van der Waals surface area contributed by atoms with Crippen molar-refractivity contribution in [2.45, 2.75) is 13.8 Å². The zero-order valence-electron chi connectivity index (χ0n) is 10.4. The summed E-state index contributed by atoms with van der Waals surface area (Å²) in [4.78, 5) is 3.39. The van der Waals surface area contributed by atoms with Gasteiger partial charge in [0.25, 0.3) is 0 Å². The molecule has 0 aliphatic rings. The summed E-state index contributed by atoms with van der Waals surface area (Å²) in [6.45, 7) is 4.13. The Hall–Kier alpha value is -1.78. The average Bonchev–Trinajstić information content (AvgIpc) is 2.73. The van der Waals surface area contributed by atoms with Gasteiger partial charge < -0.3 is 15.0 Å². The van der Waals surface area contributed by atoms with Gasteiger partial charge in [0.2, 0.25) is 0 Å². The molecule has 0 unspecified atom stereocenters. The van der Waals surface area contributed by atoms with E-state index < -0.39 is 7.12 Å². The van der Waals surface area contributed by atoms with E-state index >= 15 is 0 Å². The van der Waals surface area contributed by atoms with Crippen LogP contribution in [-0.2, 0) is 0 Å². The highest BCUT2D eigenvalue weighted by Gasteiger charge is 2.14. The van der Waals surface area contributed by atoms with Crippen LogP contribution < -0.4 is 5.46 Å². The SMILES string of the molecule is Cc1ccc(C)c2c1[nH]c1ccc(B(O)O)cc12. The summed E-state index contributed by atoms with van der Waals surface area (Å²) in [5.74, 6) is 0. The summed E-state index contributed by atoms with van der Waals surface area (Å²) in [6, 6.07) is 9.64. The number of rotatable bonds is 1. The van der Waals surface area contributed by atoms with Crippen molar-refractivity contribution in [3.63, 3.8) is 0 Å². The van der Waals surface area contributed by atoms with Crippen molar-refractivity contribution in [1.82, 2.24) is 4.98 Å². The molecule has 0 saturated heterocycles. The van der Waals surface area contributed by atoms with Gasteiger partial charge in [0, 0.05) is 21.8 Å². The Morgan fingerprint density at radius 3 is 2.44 bits per heavy atom. The minimum absolute atomic E-state index is 0.518. The fourth-order valence-electron chi connectivity index (χ4n) is 2.49. The van der Waals surface area contributed by atoms with Crippen LogP contribution in [0.25, 0.3) is 21.8 Å². The summed E-state index contributed by atoms with van der Waals surface area (Å²) in [5.41, 5.74) is 5.04. The Morgan fingerprint density at radius 2 is 1.72 bits per heavy atom. The summed E-state index contributed by atoms with van der Waals surface area (Å²) < 4.78 is 0. The van der Waals surface area contributed by atoms with Crippen molar-refractivity contribution >= 4 is 34.4 Å². The van der Waals surface area contributed by atoms with Crippen molar-refractivity contribution in [1.29, 1.82) is 0 Å². The largest absolute Gasteiger partial charge is 0.488 e. The van der Waals surface area contributed by atoms with E-state index in [1.54, 1.807) is 6.07 Å². The van der Waals surface area contributed by atoms with Crippen LogP contribution >= 0.6 is 0 Å². The Bertz CT molecular complexity index is 746. The van der Waals surface area contributed by atoms with E-state index in [1.165, 1.54) is 11.1 Å². The van der Waals surface area contributed by atoms with Gasteiger partial charge in [0.1, 0.15) is 0 Å². The molecular weight excluding hydrogens is 225 g/mol. The summed E-state index contributed by atoms with van der Waals surface area (Å²) >= 11 is 0. The van der Waals surface area contributed by atoms with E-state index in [-0.39, 0.29) is 0 Å². The van der Waals surface area contributed by atoms with Crippen LogP contribution in [0.5, 0.6) is 0 Å². The van der Waals surface area contributed by atoms with Crippen LogP contribution in [0.15, 0.2) is 30.3 Å². The van der Waals surface area contributed by atoms with Gasteiger partial charge >= 0.3 is 7.12 Å². The fourth-order valence-corrected chi connectivity index (χ4v) is 2.49. The first kappa shape index (κ1) is 11.3. The lowest BCUT2D eigenvalue weighted by atomic mass is 9.79. The molecule has 3 nitrogen and oxygen atoms in total. The van der Waals surface area contributed by atoms with Gasteiger partial charge in [-0.3, -0.25) is 0 Å². The Labute approximate surface area is 105 Å². The maximum atomic E-state index is 9.26. The molecule has 0 atom stereocenters. The number of nitrogens with one attached hydrogen (secondary N) is 1. The number of H-pyrrole nitrogens is 1. The fraction of sp³-hybridized carbons (Fsp3) is 0.143. The topological polar surface area (TPSA) is 56.2 Å². The minimum Gasteiger partial charge on any atom is -0.423 e. The van der Waals surface area contributed by atoms with Crippen molar-refractivity contribution in [3.05, 3.63) is 41.5 Å². The molecule has 0 spiro atoms. The molecule has 1 heterocycles. The standard InChI is InChI=1S/C14H14BNO2/c1-8-3-4-9(2)14-13(8)11-7-10(15(17)18)5-6-12(11)16-14/h3-7,16-18H,1-2H3. The van der Waals surface area contributed by atoms with Crippen LogP contribution in [0.1, 0.15) is 11.1 Å². The van der Waals surface area contributed by atoms with Gasteiger partial charge in [-0.05, 0) is 36.5 Å². The molecule has 3 aromatic rings. The monoisotopic (exact) mass is 239 g/mol. The predicted molar refractivity (Wildman–Crippen MR) is 75.1 cm³/mol. The molecule has 0 aliphatic carbocycles. The molecule has 0 amide bonds. The van der Waals surface area contributed by atoms with E-state index in [0.29, 0.717) is 5.46 Å². The molecule has 0 saturated carbocycles. The smallest absolute Gasteiger partial charge is 0.423 e. The lowest BCUT2D eigenvalue weighted by molar-refractivity contribution is 0.426. The number of aromatic nitrogens is 1. The minimum atomic E-state index is -1.43. The predicted octanol–water partition coefficient (Wildman–Crippen LogP) is 1.62. The maximum Gasteiger partial charge on any atom is 0.488 e. The average molecular weight is 239 g/mol. The van der Waals surface area contributed by atoms with Crippen LogP contribution in [0.3, 0.4) is 0 Å². The van der Waals surface area contributed by atoms with Crippen molar-refractivity contribution in [3.8, 4) is 0 Å². The first-order valence-corrected chi connectivity index (χ1v) is 5.95. The van der Waals surface area contributed by atoms with E-state index in [2.05, 4.69) is 31.0 Å². The highest BCUT2D eigenvalue weighted by atomic mass is 16.4. The van der Waals surface area contributed by atoms with Gasteiger partial charge in [-0.1, -0.05) is 24.3 Å². The second-order valence-electron chi connectivity index (χ2n) is 4.75. The highest BCUT2D eigenvalue weighted by molar-refractivity contribution is 6.59. The zero-order valence-corrected chi connectivity index (χ0v) is 10.4. The number of hydrogen-bond acceptors (Lipinski definition) is 2. The third-order valence-corrected chi connectivity index (χ3v) is 3.49. The molecule has 18 heavy (non-hydrogen) atoms. The van der Waals surface area contributed by atoms with Gasteiger partial charge in [-0.25, -0.2) is 0 Å². The van der Waals surface area contributed by atoms with Gasteiger partial charge in [0.15, 0.2) is 0 Å². The molecule has 0 aliphatic heterocycles. The Kier molecular flexibility index (Phi) is 2.43. The molecule has 3 rings (SSSR count). The van der Waals surface area contributed by atoms with Gasteiger partial charge in [0.05, 0.1) is 0 Å². The quantitative estimate of drug-likeness (QED) is 0.565. The van der Waals surface area contributed by atoms with Gasteiger partial charge in [-0.15, -0.1) is 0 Å². The number of hydrogen-bond donors (Lipinski definition) is 3. The number of fused-ring (bicyclic) bond motifs is 3. The molecule has 2 aromatic carbocycles. The summed E-state index contributed by atoms with van der Waals surface area (Å²) in [5, 5.41) is 20.7. The van der Waals surface area contributed by atoms with Crippen LogP contribution in [-0.4, -0.2) is 22.2 Å².